The molecule has 2 aromatic carbocycles. The molecule has 15 nitrogen and oxygen atoms in total. The quantitative estimate of drug-likeness (QED) is 0.0411. The first-order valence-electron chi connectivity index (χ1n) is 22.3. The first-order valence-corrected chi connectivity index (χ1v) is 24.1. The number of ether oxygens (including phenoxy) is 2. The Morgan fingerprint density at radius 1 is 0.769 bits per heavy atom. The van der Waals surface area contributed by atoms with Gasteiger partial charge in [0.1, 0.15) is 11.5 Å². The van der Waals surface area contributed by atoms with Crippen LogP contribution in [0.3, 0.4) is 0 Å². The predicted octanol–water partition coefficient (Wildman–Crippen LogP) is 6.05. The van der Waals surface area contributed by atoms with Crippen LogP contribution in [-0.4, -0.2) is 109 Å². The molecular formula is C47H67BN10O5S2. The molecule has 0 aliphatic carbocycles. The molecular weight excluding hydrogens is 860 g/mol. The van der Waals surface area contributed by atoms with E-state index in [2.05, 4.69) is 72.7 Å². The Morgan fingerprint density at radius 3 is 1.66 bits per heavy atom. The van der Waals surface area contributed by atoms with Crippen LogP contribution in [0.2, 0.25) is 0 Å². The van der Waals surface area contributed by atoms with Gasteiger partial charge in [-0.1, -0.05) is 0 Å². The van der Waals surface area contributed by atoms with Crippen LogP contribution in [0.15, 0.2) is 45.3 Å². The van der Waals surface area contributed by atoms with E-state index in [4.69, 9.17) is 36.7 Å². The molecule has 4 heterocycles. The van der Waals surface area contributed by atoms with Crippen molar-refractivity contribution in [2.75, 3.05) is 46.8 Å². The van der Waals surface area contributed by atoms with Crippen molar-refractivity contribution in [3.05, 3.63) is 89.8 Å². The molecule has 2 aliphatic rings. The molecule has 0 saturated carbocycles. The molecule has 18 heteroatoms. The number of hydrogen-bond donors (Lipinski definition) is 4. The van der Waals surface area contributed by atoms with Gasteiger partial charge in [-0.05, 0) is 107 Å². The van der Waals surface area contributed by atoms with Gasteiger partial charge in [0.25, 0.3) is 0 Å². The van der Waals surface area contributed by atoms with Crippen LogP contribution < -0.4 is 32.0 Å². The Morgan fingerprint density at radius 2 is 1.23 bits per heavy atom. The van der Waals surface area contributed by atoms with Crippen molar-refractivity contribution in [3.63, 3.8) is 0 Å². The molecule has 65 heavy (non-hydrogen) atoms. The summed E-state index contributed by atoms with van der Waals surface area (Å²) in [4.78, 5) is 47.2. The number of likely N-dealkylation sites (tertiary alicyclic amines) is 2. The number of rotatable bonds is 17. The SMILES string of the molecule is COc1cc(C)c(CN=C(N)N2CCC[C@@H](CC(N)C(=O)c3nccs3)C2)c(C)c1C.COc1cc(C)c(CN=C(N)N2CCC[C@@H](CC(NCB=O)C(=O)c3nccs3)C2)c(C)c1C. The standard InChI is InChI=1S/C24H34BN5O3S.C23H33N5O2S/c1-15-10-21(33-4)17(3)16(2)19(15)12-28-24(26)30-8-5-6-18(13-30)11-20(29-14-25-32)22(31)23-27-7-9-34-23;1-14-10-20(30-4)16(3)15(2)18(14)12-27-23(25)28-8-5-6-17(13-28)11-19(24)21(29)22-26-7-9-31-22/h7,9-10,18,20,29H,5-6,8,11-14H2,1-4H3,(H2,26,28);7,9-10,17,19H,5-6,8,11-13,24H2,1-4H3,(H2,25,27)/t18-,20?;17-,19?/m00/s1. The summed E-state index contributed by atoms with van der Waals surface area (Å²) in [5, 5.41) is 7.63. The number of Topliss-reactive ketones (excluding diaryl/α,β-unsaturated/α-hetero) is 2. The molecule has 2 fully saturated rings. The maximum absolute atomic E-state index is 12.9. The number of carbonyl (C=O) groups excluding carboxylic acids is 2. The summed E-state index contributed by atoms with van der Waals surface area (Å²) < 4.78 is 21.8. The topological polar surface area (TPSA) is 217 Å². The number of aromatic nitrogens is 2. The number of methoxy groups -OCH3 is 2. The summed E-state index contributed by atoms with van der Waals surface area (Å²) >= 11 is 2.66. The van der Waals surface area contributed by atoms with E-state index in [9.17, 15) is 14.3 Å². The Kier molecular flexibility index (Phi) is 19.2. The number of hydrogen-bond acceptors (Lipinski definition) is 13. The molecule has 2 aromatic heterocycles. The molecule has 4 aromatic rings. The first-order chi connectivity index (χ1) is 31.2. The summed E-state index contributed by atoms with van der Waals surface area (Å²) in [5.41, 5.74) is 28.2. The summed E-state index contributed by atoms with van der Waals surface area (Å²) in [6.45, 7) is 16.7. The summed E-state index contributed by atoms with van der Waals surface area (Å²) in [7, 11) is 4.17. The Labute approximate surface area is 392 Å². The smallest absolute Gasteiger partial charge is 0.0390 e. The number of benzene rings is 2. The van der Waals surface area contributed by atoms with Crippen LogP contribution in [-0.2, 0) is 17.8 Å². The van der Waals surface area contributed by atoms with Crippen LogP contribution in [0.5, 0.6) is 11.5 Å². The van der Waals surface area contributed by atoms with Crippen molar-refractivity contribution in [2.24, 2.45) is 39.0 Å². The van der Waals surface area contributed by atoms with Crippen molar-refractivity contribution in [1.29, 1.82) is 0 Å². The van der Waals surface area contributed by atoms with Gasteiger partial charge in [0.2, 0.25) is 5.78 Å². The zero-order valence-corrected chi connectivity index (χ0v) is 40.9. The number of aryl methyl sites for hydroxylation is 2. The molecule has 0 radical (unpaired) electrons. The zero-order chi connectivity index (χ0) is 47.2. The van der Waals surface area contributed by atoms with Gasteiger partial charge in [-0.3, -0.25) is 4.79 Å². The average molecular weight is 927 g/mol. The van der Waals surface area contributed by atoms with Crippen molar-refractivity contribution in [1.82, 2.24) is 25.1 Å². The monoisotopic (exact) mass is 926 g/mol. The second kappa shape index (κ2) is 24.5. The van der Waals surface area contributed by atoms with Crippen molar-refractivity contribution >= 4 is 53.3 Å². The summed E-state index contributed by atoms with van der Waals surface area (Å²) in [6.07, 6.45) is 8.71. The van der Waals surface area contributed by atoms with Gasteiger partial charge in [0.05, 0.1) is 26.8 Å². The van der Waals surface area contributed by atoms with Crippen molar-refractivity contribution in [2.45, 2.75) is 105 Å². The second-order valence-corrected chi connectivity index (χ2v) is 18.9. The van der Waals surface area contributed by atoms with E-state index in [1.807, 2.05) is 6.07 Å². The van der Waals surface area contributed by atoms with Crippen molar-refractivity contribution in [3.8, 4) is 11.5 Å². The number of piperidine rings is 2. The van der Waals surface area contributed by atoms with Gasteiger partial charge in [-0.2, -0.15) is 0 Å². The molecule has 2 unspecified atom stereocenters. The molecule has 0 spiro atoms. The molecule has 4 atom stereocenters. The average Bonchev–Trinajstić information content (AvgIpc) is 4.06. The van der Waals surface area contributed by atoms with Crippen molar-refractivity contribution < 1.29 is 23.8 Å². The number of nitrogens with zero attached hydrogens (tertiary/aromatic N) is 6. The molecule has 2 saturated heterocycles. The number of ketones is 2. The summed E-state index contributed by atoms with van der Waals surface area (Å²) in [5.74, 6) is 3.32. The third-order valence-electron chi connectivity index (χ3n) is 12.9. The fourth-order valence-electron chi connectivity index (χ4n) is 8.83. The molecule has 6 rings (SSSR count). The second-order valence-electron chi connectivity index (χ2n) is 17.1. The van der Waals surface area contributed by atoms with E-state index < -0.39 is 12.1 Å². The van der Waals surface area contributed by atoms with Crippen LogP contribution in [0.4, 0.5) is 0 Å². The predicted molar refractivity (Wildman–Crippen MR) is 262 cm³/mol. The van der Waals surface area contributed by atoms with E-state index in [1.165, 1.54) is 44.9 Å². The molecule has 7 N–H and O–H groups in total. The molecule has 0 amide bonds. The Balaban J connectivity index is 0.000000245. The third kappa shape index (κ3) is 13.5. The first kappa shape index (κ1) is 51.0. The minimum atomic E-state index is -0.526. The number of carbonyl (C=O) groups is 2. The number of guanidine groups is 2. The van der Waals surface area contributed by atoms with Gasteiger partial charge < -0.3 is 25.8 Å². The van der Waals surface area contributed by atoms with Crippen LogP contribution in [0.1, 0.15) is 103 Å². The van der Waals surface area contributed by atoms with Crippen LogP contribution in [0, 0.1) is 53.4 Å². The Hall–Kier alpha value is -5.04. The number of thiazole rings is 2. The van der Waals surface area contributed by atoms with E-state index in [-0.39, 0.29) is 23.9 Å². The van der Waals surface area contributed by atoms with Gasteiger partial charge >= 0.3 is 156 Å². The third-order valence-corrected chi connectivity index (χ3v) is 14.5. The molecule has 0 bridgehead atoms. The zero-order valence-electron chi connectivity index (χ0n) is 39.3. The fraction of sp³-hybridized carbons (Fsp3) is 0.532. The Bertz CT molecular complexity index is 2290. The molecule has 2 aliphatic heterocycles. The van der Waals surface area contributed by atoms with Gasteiger partial charge in [-0.15, -0.1) is 11.3 Å². The maximum atomic E-state index is 12.9. The van der Waals surface area contributed by atoms with E-state index in [0.29, 0.717) is 53.8 Å². The molecule has 350 valence electrons. The van der Waals surface area contributed by atoms with Gasteiger partial charge in [0.15, 0.2) is 11.0 Å². The number of aliphatic imine (C=N–C) groups is 2. The van der Waals surface area contributed by atoms with E-state index in [0.717, 1.165) is 92.8 Å². The van der Waals surface area contributed by atoms with E-state index in [1.54, 1.807) is 37.4 Å². The van der Waals surface area contributed by atoms with Gasteiger partial charge in [0, 0.05) is 24.7 Å². The minimum Gasteiger partial charge on any atom is -0.0390 e. The van der Waals surface area contributed by atoms with E-state index >= 15 is 0 Å². The van der Waals surface area contributed by atoms with Crippen LogP contribution in [0.25, 0.3) is 0 Å². The fourth-order valence-corrected chi connectivity index (χ4v) is 10.1. The minimum absolute atomic E-state index is 0.0589. The summed E-state index contributed by atoms with van der Waals surface area (Å²) in [6, 6.07) is 3.14. The van der Waals surface area contributed by atoms with Crippen LogP contribution >= 0.6 is 22.7 Å². The normalized spacial score (nSPS) is 17.7. The van der Waals surface area contributed by atoms with Gasteiger partial charge in [-0.25, -0.2) is 9.98 Å². The number of nitrogens with one attached hydrogen (secondary N) is 1. The number of nitrogens with two attached hydrogens (primary N) is 3.